The van der Waals surface area contributed by atoms with Crippen molar-refractivity contribution < 1.29 is 4.79 Å². The Morgan fingerprint density at radius 2 is 1.84 bits per heavy atom. The van der Waals surface area contributed by atoms with E-state index in [0.29, 0.717) is 18.1 Å². The second-order valence-electron chi connectivity index (χ2n) is 9.84. The first kappa shape index (κ1) is 25.6. The van der Waals surface area contributed by atoms with Crippen LogP contribution in [0.5, 0.6) is 0 Å². The van der Waals surface area contributed by atoms with Gasteiger partial charge in [-0.05, 0) is 93.0 Å². The summed E-state index contributed by atoms with van der Waals surface area (Å²) in [6, 6.07) is 19.8. The Morgan fingerprint density at radius 1 is 1.00 bits per heavy atom. The zero-order valence-corrected chi connectivity index (χ0v) is 22.9. The maximum Gasteiger partial charge on any atom is 0.226 e. The minimum atomic E-state index is -0.150. The van der Waals surface area contributed by atoms with Gasteiger partial charge in [-0.3, -0.25) is 9.78 Å². The molecule has 0 saturated carbocycles. The first-order chi connectivity index (χ1) is 18.3. The van der Waals surface area contributed by atoms with Gasteiger partial charge >= 0.3 is 0 Å². The average Bonchev–Trinajstić information content (AvgIpc) is 3.38. The van der Waals surface area contributed by atoms with Crippen LogP contribution in [0.4, 0.5) is 5.69 Å². The highest BCUT2D eigenvalue weighted by atomic mass is 32.1. The van der Waals surface area contributed by atoms with Crippen LogP contribution in [-0.4, -0.2) is 37.0 Å². The van der Waals surface area contributed by atoms with Gasteiger partial charge in [0.05, 0.1) is 17.8 Å². The number of anilines is 1. The molecule has 7 nitrogen and oxygen atoms in total. The van der Waals surface area contributed by atoms with E-state index in [1.807, 2.05) is 68.6 Å². The zero-order chi connectivity index (χ0) is 26.8. The molecule has 5 rings (SSSR count). The van der Waals surface area contributed by atoms with Crippen LogP contribution in [0.1, 0.15) is 52.3 Å². The van der Waals surface area contributed by atoms with Gasteiger partial charge < -0.3 is 20.1 Å². The number of hydrogen-bond acceptors (Lipinski definition) is 4. The van der Waals surface area contributed by atoms with Gasteiger partial charge in [-0.2, -0.15) is 0 Å². The average molecular weight is 525 g/mol. The minimum Gasteiger partial charge on any atom is -0.352 e. The number of pyridine rings is 2. The summed E-state index contributed by atoms with van der Waals surface area (Å²) in [4.78, 5) is 24.3. The summed E-state index contributed by atoms with van der Waals surface area (Å²) >= 11 is 5.82. The zero-order valence-electron chi connectivity index (χ0n) is 22.1. The summed E-state index contributed by atoms with van der Waals surface area (Å²) in [6.07, 6.45) is 3.99. The van der Waals surface area contributed by atoms with Gasteiger partial charge in [0, 0.05) is 42.4 Å². The third-order valence-electron chi connectivity index (χ3n) is 6.99. The normalized spacial score (nSPS) is 16.9. The van der Waals surface area contributed by atoms with E-state index in [-0.39, 0.29) is 18.0 Å². The summed E-state index contributed by atoms with van der Waals surface area (Å²) in [5.74, 6) is 0.830. The molecule has 4 aromatic rings. The van der Waals surface area contributed by atoms with Gasteiger partial charge in [-0.1, -0.05) is 24.3 Å². The minimum absolute atomic E-state index is 0.0484. The highest BCUT2D eigenvalue weighted by molar-refractivity contribution is 7.80. The van der Waals surface area contributed by atoms with Crippen molar-refractivity contribution in [3.63, 3.8) is 0 Å². The lowest BCUT2D eigenvalue weighted by Crippen LogP contribution is -2.32. The van der Waals surface area contributed by atoms with Crippen molar-refractivity contribution in [3.8, 4) is 5.82 Å². The Labute approximate surface area is 228 Å². The summed E-state index contributed by atoms with van der Waals surface area (Å²) in [5.41, 5.74) is 7.23. The first-order valence-corrected chi connectivity index (χ1v) is 13.2. The van der Waals surface area contributed by atoms with Crippen molar-refractivity contribution in [3.05, 3.63) is 107 Å². The number of aryl methyl sites for hydroxylation is 3. The lowest BCUT2D eigenvalue weighted by molar-refractivity contribution is -0.116. The molecule has 4 heterocycles. The smallest absolute Gasteiger partial charge is 0.226 e. The summed E-state index contributed by atoms with van der Waals surface area (Å²) in [6.45, 7) is 8.73. The van der Waals surface area contributed by atoms with Crippen molar-refractivity contribution >= 4 is 28.9 Å². The second kappa shape index (κ2) is 10.8. The summed E-state index contributed by atoms with van der Waals surface area (Å²) in [5, 5.41) is 7.12. The number of nitrogens with zero attached hydrogens (tertiary/aromatic N) is 4. The molecule has 0 aliphatic carbocycles. The second-order valence-corrected chi connectivity index (χ2v) is 10.2. The molecule has 2 atom stereocenters. The third-order valence-corrected chi connectivity index (χ3v) is 7.35. The molecule has 1 saturated heterocycles. The van der Waals surface area contributed by atoms with E-state index in [2.05, 4.69) is 56.0 Å². The van der Waals surface area contributed by atoms with E-state index < -0.39 is 0 Å². The fraction of sp³-hybridized carbons (Fsp3) is 0.267. The van der Waals surface area contributed by atoms with E-state index in [9.17, 15) is 4.79 Å². The van der Waals surface area contributed by atoms with Gasteiger partial charge in [0.15, 0.2) is 5.11 Å². The molecular formula is C30H32N6OS. The predicted octanol–water partition coefficient (Wildman–Crippen LogP) is 5.50. The highest BCUT2D eigenvalue weighted by Gasteiger charge is 2.41. The monoisotopic (exact) mass is 524 g/mol. The maximum atomic E-state index is 12.9. The van der Waals surface area contributed by atoms with E-state index in [0.717, 1.165) is 45.3 Å². The number of nitrogens with one attached hydrogen (secondary N) is 2. The van der Waals surface area contributed by atoms with Crippen molar-refractivity contribution in [2.45, 2.75) is 46.2 Å². The van der Waals surface area contributed by atoms with Crippen LogP contribution < -0.4 is 10.6 Å². The molecule has 0 spiro atoms. The van der Waals surface area contributed by atoms with Crippen LogP contribution in [0.2, 0.25) is 0 Å². The maximum absolute atomic E-state index is 12.9. The molecule has 3 aromatic heterocycles. The number of carbonyl (C=O) groups is 1. The molecule has 0 bridgehead atoms. The van der Waals surface area contributed by atoms with Crippen molar-refractivity contribution in [2.24, 2.45) is 0 Å². The number of thiocarbonyl (C=S) groups is 1. The standard InChI is InChI=1S/C30H32N6OS/c1-19-8-7-9-23(16-19)33-27(37)13-15-35-29(28(34-30(35)38)25-10-5-6-14-31-25)24-17-21(3)36(22(24)4)26-12-11-20(2)18-32-26/h5-12,14,16-18,28-29H,13,15H2,1-4H3,(H,33,37)(H,34,38). The summed E-state index contributed by atoms with van der Waals surface area (Å²) < 4.78 is 2.17. The molecule has 38 heavy (non-hydrogen) atoms. The number of hydrogen-bond donors (Lipinski definition) is 2. The fourth-order valence-electron chi connectivity index (χ4n) is 5.18. The number of carbonyl (C=O) groups excluding carboxylic acids is 1. The molecule has 0 radical (unpaired) electrons. The van der Waals surface area contributed by atoms with Gasteiger partial charge in [0.2, 0.25) is 5.91 Å². The largest absolute Gasteiger partial charge is 0.352 e. The Balaban J connectivity index is 1.46. The SMILES string of the molecule is Cc1ccc(-n2c(C)cc(C3C(c4ccccn4)NC(=S)N3CCC(=O)Nc3cccc(C)c3)c2C)nc1. The molecule has 8 heteroatoms. The number of rotatable bonds is 7. The molecule has 1 aromatic carbocycles. The van der Waals surface area contributed by atoms with Crippen LogP contribution in [0.3, 0.4) is 0 Å². The Morgan fingerprint density at radius 3 is 2.55 bits per heavy atom. The fourth-order valence-corrected chi connectivity index (χ4v) is 5.52. The molecule has 1 amide bonds. The van der Waals surface area contributed by atoms with Gasteiger partial charge in [-0.25, -0.2) is 4.98 Å². The summed E-state index contributed by atoms with van der Waals surface area (Å²) in [7, 11) is 0. The Hall–Kier alpha value is -4.04. The lowest BCUT2D eigenvalue weighted by atomic mass is 9.96. The molecule has 2 N–H and O–H groups in total. The van der Waals surface area contributed by atoms with Crippen molar-refractivity contribution in [1.82, 2.24) is 24.8 Å². The van der Waals surface area contributed by atoms with Gasteiger partial charge in [0.25, 0.3) is 0 Å². The van der Waals surface area contributed by atoms with Crippen LogP contribution in [0.25, 0.3) is 5.82 Å². The first-order valence-electron chi connectivity index (χ1n) is 12.8. The number of amides is 1. The lowest BCUT2D eigenvalue weighted by Gasteiger charge is -2.28. The van der Waals surface area contributed by atoms with Crippen molar-refractivity contribution in [2.75, 3.05) is 11.9 Å². The van der Waals surface area contributed by atoms with Gasteiger partial charge in [-0.15, -0.1) is 0 Å². The Kier molecular flexibility index (Phi) is 7.24. The van der Waals surface area contributed by atoms with E-state index in [4.69, 9.17) is 12.2 Å². The third kappa shape index (κ3) is 5.17. The number of benzene rings is 1. The number of aromatic nitrogens is 3. The highest BCUT2D eigenvalue weighted by Crippen LogP contribution is 2.41. The van der Waals surface area contributed by atoms with Crippen LogP contribution in [-0.2, 0) is 4.79 Å². The molecule has 1 aliphatic heterocycles. The molecule has 194 valence electrons. The van der Waals surface area contributed by atoms with E-state index in [1.165, 1.54) is 0 Å². The molecule has 1 aliphatic rings. The van der Waals surface area contributed by atoms with Crippen LogP contribution in [0, 0.1) is 27.7 Å². The Bertz CT molecular complexity index is 1460. The molecular weight excluding hydrogens is 492 g/mol. The predicted molar refractivity (Wildman–Crippen MR) is 154 cm³/mol. The van der Waals surface area contributed by atoms with Crippen LogP contribution >= 0.6 is 12.2 Å². The van der Waals surface area contributed by atoms with Gasteiger partial charge in [0.1, 0.15) is 5.82 Å². The van der Waals surface area contributed by atoms with E-state index >= 15 is 0 Å². The topological polar surface area (TPSA) is 75.1 Å². The van der Waals surface area contributed by atoms with Crippen molar-refractivity contribution in [1.29, 1.82) is 0 Å². The van der Waals surface area contributed by atoms with Crippen LogP contribution in [0.15, 0.2) is 73.1 Å². The molecule has 1 fully saturated rings. The quantitative estimate of drug-likeness (QED) is 0.311. The molecule has 2 unspecified atom stereocenters. The van der Waals surface area contributed by atoms with E-state index in [1.54, 1.807) is 6.20 Å².